The molecule has 2 aromatic carbocycles. The summed E-state index contributed by atoms with van der Waals surface area (Å²) in [7, 11) is 0. The van der Waals surface area contributed by atoms with E-state index in [9.17, 15) is 9.59 Å². The smallest absolute Gasteiger partial charge is 0.271 e. The van der Waals surface area contributed by atoms with Crippen LogP contribution in [-0.4, -0.2) is 42.8 Å². The van der Waals surface area contributed by atoms with E-state index in [-0.39, 0.29) is 24.2 Å². The number of hydrogen-bond acceptors (Lipinski definition) is 6. The average molecular weight is 407 g/mol. The Morgan fingerprint density at radius 3 is 2.60 bits per heavy atom. The number of anilines is 2. The Balaban J connectivity index is 1.38. The molecule has 2 aromatic rings. The second kappa shape index (κ2) is 9.09. The Bertz CT molecular complexity index is 921. The molecule has 7 heteroatoms. The van der Waals surface area contributed by atoms with Crippen molar-refractivity contribution in [2.75, 3.05) is 23.5 Å². The third-order valence-electron chi connectivity index (χ3n) is 5.23. The van der Waals surface area contributed by atoms with E-state index in [2.05, 4.69) is 10.4 Å². The summed E-state index contributed by atoms with van der Waals surface area (Å²) in [5.41, 5.74) is 1.76. The topological polar surface area (TPSA) is 80.2 Å². The van der Waals surface area contributed by atoms with E-state index in [0.29, 0.717) is 18.0 Å². The van der Waals surface area contributed by atoms with Crippen LogP contribution >= 0.6 is 0 Å². The van der Waals surface area contributed by atoms with Crippen molar-refractivity contribution in [3.8, 4) is 5.75 Å². The van der Waals surface area contributed by atoms with Gasteiger partial charge in [0.05, 0.1) is 11.8 Å². The Labute approximate surface area is 175 Å². The molecule has 0 aromatic heterocycles. The number of nitrogens with zero attached hydrogens (tertiary/aromatic N) is 2. The largest absolute Gasteiger partial charge is 0.491 e. The Kier molecular flexibility index (Phi) is 6.09. The summed E-state index contributed by atoms with van der Waals surface area (Å²) >= 11 is 0. The number of para-hydroxylation sites is 1. The molecule has 2 aliphatic heterocycles. The summed E-state index contributed by atoms with van der Waals surface area (Å²) in [5, 5.41) is 8.90. The van der Waals surface area contributed by atoms with Gasteiger partial charge in [0, 0.05) is 18.7 Å². The standard InChI is InChI=1S/C23H25N3O4/c1-16(27)22-14-21(25-26(22)18-6-3-2-4-7-18)23(28)24-17-9-11-19(12-10-17)30-15-20-8-5-13-29-20/h2-4,6-7,9-12,20,22H,5,8,13-15H2,1H3,(H,24,28). The van der Waals surface area contributed by atoms with Crippen LogP contribution in [0.1, 0.15) is 26.2 Å². The SMILES string of the molecule is CC(=O)C1CC(C(=O)Nc2ccc(OCC3CCCO3)cc2)=NN1c1ccccc1. The zero-order valence-corrected chi connectivity index (χ0v) is 16.9. The van der Waals surface area contributed by atoms with Crippen molar-refractivity contribution in [2.45, 2.75) is 38.3 Å². The van der Waals surface area contributed by atoms with E-state index in [0.717, 1.165) is 30.9 Å². The minimum Gasteiger partial charge on any atom is -0.491 e. The summed E-state index contributed by atoms with van der Waals surface area (Å²) in [4.78, 5) is 24.8. The first-order chi connectivity index (χ1) is 14.6. The van der Waals surface area contributed by atoms with Gasteiger partial charge in [-0.05, 0) is 56.2 Å². The fraction of sp³-hybridized carbons (Fsp3) is 0.348. The lowest BCUT2D eigenvalue weighted by atomic mass is 10.1. The lowest BCUT2D eigenvalue weighted by Gasteiger charge is -2.20. The molecular formula is C23H25N3O4. The van der Waals surface area contributed by atoms with E-state index >= 15 is 0 Å². The molecule has 1 amide bonds. The molecule has 0 aliphatic carbocycles. The van der Waals surface area contributed by atoms with Crippen LogP contribution in [0, 0.1) is 0 Å². The molecule has 2 atom stereocenters. The van der Waals surface area contributed by atoms with E-state index in [1.165, 1.54) is 6.92 Å². The molecule has 1 saturated heterocycles. The zero-order valence-electron chi connectivity index (χ0n) is 16.9. The minimum atomic E-state index is -0.471. The number of nitrogens with one attached hydrogen (secondary N) is 1. The van der Waals surface area contributed by atoms with Gasteiger partial charge in [0.25, 0.3) is 5.91 Å². The van der Waals surface area contributed by atoms with Crippen molar-refractivity contribution in [1.82, 2.24) is 0 Å². The highest BCUT2D eigenvalue weighted by Gasteiger charge is 2.34. The number of ketones is 1. The van der Waals surface area contributed by atoms with Crippen molar-refractivity contribution in [3.05, 3.63) is 54.6 Å². The number of Topliss-reactive ketones (excluding diaryl/α,β-unsaturated/α-hetero) is 1. The molecule has 0 saturated carbocycles. The van der Waals surface area contributed by atoms with Gasteiger partial charge >= 0.3 is 0 Å². The van der Waals surface area contributed by atoms with Gasteiger partial charge < -0.3 is 14.8 Å². The van der Waals surface area contributed by atoms with E-state index < -0.39 is 6.04 Å². The average Bonchev–Trinajstić information content (AvgIpc) is 3.44. The molecule has 0 bridgehead atoms. The summed E-state index contributed by atoms with van der Waals surface area (Å²) in [6.07, 6.45) is 2.54. The maximum Gasteiger partial charge on any atom is 0.271 e. The van der Waals surface area contributed by atoms with Crippen LogP contribution in [0.15, 0.2) is 59.7 Å². The quantitative estimate of drug-likeness (QED) is 0.761. The molecule has 30 heavy (non-hydrogen) atoms. The number of benzene rings is 2. The molecule has 0 spiro atoms. The van der Waals surface area contributed by atoms with Crippen LogP contribution < -0.4 is 15.1 Å². The zero-order chi connectivity index (χ0) is 20.9. The molecule has 2 aliphatic rings. The van der Waals surface area contributed by atoms with E-state index in [1.807, 2.05) is 42.5 Å². The number of hydrazone groups is 1. The first kappa shape index (κ1) is 20.1. The van der Waals surface area contributed by atoms with Gasteiger partial charge in [0.1, 0.15) is 24.1 Å². The van der Waals surface area contributed by atoms with Crippen LogP contribution in [0.4, 0.5) is 11.4 Å². The highest BCUT2D eigenvalue weighted by Crippen LogP contribution is 2.26. The maximum absolute atomic E-state index is 12.7. The van der Waals surface area contributed by atoms with Crippen LogP contribution in [0.25, 0.3) is 0 Å². The predicted molar refractivity (Wildman–Crippen MR) is 115 cm³/mol. The molecule has 0 radical (unpaired) electrons. The van der Waals surface area contributed by atoms with Crippen molar-refractivity contribution in [3.63, 3.8) is 0 Å². The number of rotatable bonds is 7. The monoisotopic (exact) mass is 407 g/mol. The number of amides is 1. The van der Waals surface area contributed by atoms with Gasteiger partial charge in [-0.1, -0.05) is 18.2 Å². The molecule has 1 fully saturated rings. The second-order valence-corrected chi connectivity index (χ2v) is 7.48. The third kappa shape index (κ3) is 4.68. The molecule has 1 N–H and O–H groups in total. The minimum absolute atomic E-state index is 0.0295. The molecule has 4 rings (SSSR count). The summed E-state index contributed by atoms with van der Waals surface area (Å²) < 4.78 is 11.3. The van der Waals surface area contributed by atoms with Crippen molar-refractivity contribution >= 4 is 28.8 Å². The van der Waals surface area contributed by atoms with Gasteiger partial charge in [-0.2, -0.15) is 5.10 Å². The Hall–Kier alpha value is -3.19. The normalized spacial score (nSPS) is 20.7. The Morgan fingerprint density at radius 2 is 1.93 bits per heavy atom. The van der Waals surface area contributed by atoms with Crippen LogP contribution in [-0.2, 0) is 14.3 Å². The predicted octanol–water partition coefficient (Wildman–Crippen LogP) is 3.41. The number of carbonyl (C=O) groups is 2. The highest BCUT2D eigenvalue weighted by atomic mass is 16.5. The van der Waals surface area contributed by atoms with Crippen molar-refractivity contribution in [2.24, 2.45) is 5.10 Å². The molecule has 2 unspecified atom stereocenters. The number of ether oxygens (including phenoxy) is 2. The molecular weight excluding hydrogens is 382 g/mol. The van der Waals surface area contributed by atoms with Gasteiger partial charge in [0.15, 0.2) is 5.78 Å². The van der Waals surface area contributed by atoms with Crippen molar-refractivity contribution < 1.29 is 19.1 Å². The van der Waals surface area contributed by atoms with Gasteiger partial charge in [0.2, 0.25) is 0 Å². The lowest BCUT2D eigenvalue weighted by Crippen LogP contribution is -2.33. The van der Waals surface area contributed by atoms with Crippen LogP contribution in [0.3, 0.4) is 0 Å². The fourth-order valence-electron chi connectivity index (χ4n) is 3.59. The first-order valence-electron chi connectivity index (χ1n) is 10.2. The van der Waals surface area contributed by atoms with Gasteiger partial charge in [-0.3, -0.25) is 14.6 Å². The molecule has 156 valence electrons. The van der Waals surface area contributed by atoms with E-state index in [4.69, 9.17) is 9.47 Å². The van der Waals surface area contributed by atoms with E-state index in [1.54, 1.807) is 17.1 Å². The summed E-state index contributed by atoms with van der Waals surface area (Å²) in [5.74, 6) is 0.388. The summed E-state index contributed by atoms with van der Waals surface area (Å²) in [6.45, 7) is 2.85. The maximum atomic E-state index is 12.7. The fourth-order valence-corrected chi connectivity index (χ4v) is 3.59. The van der Waals surface area contributed by atoms with Gasteiger partial charge in [-0.15, -0.1) is 0 Å². The lowest BCUT2D eigenvalue weighted by molar-refractivity contribution is -0.118. The van der Waals surface area contributed by atoms with Crippen molar-refractivity contribution in [1.29, 1.82) is 0 Å². The summed E-state index contributed by atoms with van der Waals surface area (Å²) in [6, 6.07) is 16.1. The third-order valence-corrected chi connectivity index (χ3v) is 5.23. The Morgan fingerprint density at radius 1 is 1.17 bits per heavy atom. The van der Waals surface area contributed by atoms with Gasteiger partial charge in [-0.25, -0.2) is 0 Å². The molecule has 2 heterocycles. The van der Waals surface area contributed by atoms with Crippen LogP contribution in [0.5, 0.6) is 5.75 Å². The highest BCUT2D eigenvalue weighted by molar-refractivity contribution is 6.44. The second-order valence-electron chi connectivity index (χ2n) is 7.48. The number of hydrogen-bond donors (Lipinski definition) is 1. The first-order valence-corrected chi connectivity index (χ1v) is 10.2. The molecule has 7 nitrogen and oxygen atoms in total. The van der Waals surface area contributed by atoms with Crippen LogP contribution in [0.2, 0.25) is 0 Å². The number of carbonyl (C=O) groups excluding carboxylic acids is 2.